The van der Waals surface area contributed by atoms with Crippen LogP contribution in [0.2, 0.25) is 0 Å². The van der Waals surface area contributed by atoms with Gasteiger partial charge in [0.05, 0.1) is 13.0 Å². The molecule has 1 fully saturated rings. The molecular formula is C20H22N4O5. The summed E-state index contributed by atoms with van der Waals surface area (Å²) in [4.78, 5) is 24.5. The van der Waals surface area contributed by atoms with E-state index in [-0.39, 0.29) is 19.0 Å². The number of hydrogen-bond acceptors (Lipinski definition) is 5. The standard InChI is InChI=1S/C20H22N4O5/c21-19(22)23-10-13-4-6-15(7-5-13)24-11-17(29-20(24)27)12-28-16-3-1-2-14(8-16)9-18(25)26/h1-8,17H,9-12H2,(H,25,26)(H4,21,22,23). The average molecular weight is 398 g/mol. The summed E-state index contributed by atoms with van der Waals surface area (Å²) >= 11 is 0. The second-order valence-corrected chi connectivity index (χ2v) is 6.58. The summed E-state index contributed by atoms with van der Waals surface area (Å²) in [5, 5.41) is 18.8. The van der Waals surface area contributed by atoms with Crippen LogP contribution in [0, 0.1) is 5.41 Å². The van der Waals surface area contributed by atoms with Crippen LogP contribution in [0.5, 0.6) is 5.75 Å². The van der Waals surface area contributed by atoms with E-state index in [1.54, 1.807) is 36.4 Å². The molecule has 1 aliphatic rings. The van der Waals surface area contributed by atoms with Gasteiger partial charge in [-0.1, -0.05) is 24.3 Å². The zero-order chi connectivity index (χ0) is 20.8. The third kappa shape index (κ3) is 5.61. The minimum Gasteiger partial charge on any atom is -0.490 e. The van der Waals surface area contributed by atoms with E-state index in [1.165, 1.54) is 4.90 Å². The number of nitrogens with zero attached hydrogens (tertiary/aromatic N) is 1. The second-order valence-electron chi connectivity index (χ2n) is 6.58. The Hall–Kier alpha value is -3.75. The van der Waals surface area contributed by atoms with Gasteiger partial charge in [0.25, 0.3) is 0 Å². The molecule has 1 heterocycles. The summed E-state index contributed by atoms with van der Waals surface area (Å²) in [5.74, 6) is -0.486. The molecule has 1 amide bonds. The van der Waals surface area contributed by atoms with Crippen molar-refractivity contribution in [2.24, 2.45) is 5.73 Å². The van der Waals surface area contributed by atoms with Crippen molar-refractivity contribution in [2.75, 3.05) is 18.1 Å². The summed E-state index contributed by atoms with van der Waals surface area (Å²) < 4.78 is 11.0. The number of carboxylic acid groups (broad SMARTS) is 1. The molecule has 0 aromatic heterocycles. The molecule has 0 bridgehead atoms. The Balaban J connectivity index is 1.55. The zero-order valence-electron chi connectivity index (χ0n) is 15.6. The number of anilines is 1. The largest absolute Gasteiger partial charge is 0.490 e. The van der Waals surface area contributed by atoms with Crippen LogP contribution in [0.1, 0.15) is 11.1 Å². The lowest BCUT2D eigenvalue weighted by Gasteiger charge is -2.14. The Morgan fingerprint density at radius 3 is 2.72 bits per heavy atom. The van der Waals surface area contributed by atoms with Gasteiger partial charge in [0.15, 0.2) is 12.1 Å². The van der Waals surface area contributed by atoms with E-state index in [0.29, 0.717) is 30.1 Å². The molecule has 9 nitrogen and oxygen atoms in total. The Labute approximate surface area is 167 Å². The molecule has 0 saturated carbocycles. The highest BCUT2D eigenvalue weighted by Gasteiger charge is 2.32. The SMILES string of the molecule is N=C(N)NCc1ccc(N2CC(COc3cccc(CC(=O)O)c3)OC2=O)cc1. The molecule has 1 unspecified atom stereocenters. The van der Waals surface area contributed by atoms with Gasteiger partial charge < -0.3 is 25.6 Å². The summed E-state index contributed by atoms with van der Waals surface area (Å²) in [6, 6.07) is 14.1. The number of cyclic esters (lactones) is 1. The summed E-state index contributed by atoms with van der Waals surface area (Å²) in [7, 11) is 0. The molecule has 0 aliphatic carbocycles. The fourth-order valence-corrected chi connectivity index (χ4v) is 2.92. The maximum absolute atomic E-state index is 12.2. The smallest absolute Gasteiger partial charge is 0.414 e. The Morgan fingerprint density at radius 1 is 1.28 bits per heavy atom. The molecule has 29 heavy (non-hydrogen) atoms. The van der Waals surface area contributed by atoms with Gasteiger partial charge in [0, 0.05) is 12.2 Å². The molecule has 0 spiro atoms. The number of amides is 1. The van der Waals surface area contributed by atoms with E-state index in [4.69, 9.17) is 25.7 Å². The first-order chi connectivity index (χ1) is 13.9. The van der Waals surface area contributed by atoms with E-state index >= 15 is 0 Å². The fourth-order valence-electron chi connectivity index (χ4n) is 2.92. The van der Waals surface area contributed by atoms with Crippen molar-refractivity contribution >= 4 is 23.7 Å². The van der Waals surface area contributed by atoms with Crippen LogP contribution >= 0.6 is 0 Å². The number of carbonyl (C=O) groups excluding carboxylic acids is 1. The normalized spacial score (nSPS) is 15.7. The number of guanidine groups is 1. The number of ether oxygens (including phenoxy) is 2. The molecular weight excluding hydrogens is 376 g/mol. The molecule has 9 heteroatoms. The van der Waals surface area contributed by atoms with E-state index in [1.807, 2.05) is 12.1 Å². The fraction of sp³-hybridized carbons (Fsp3) is 0.250. The number of nitrogens with one attached hydrogen (secondary N) is 2. The predicted octanol–water partition coefficient (Wildman–Crippen LogP) is 1.70. The number of carbonyl (C=O) groups is 2. The van der Waals surface area contributed by atoms with Gasteiger partial charge in [0.2, 0.25) is 0 Å². The maximum Gasteiger partial charge on any atom is 0.414 e. The lowest BCUT2D eigenvalue weighted by atomic mass is 10.1. The van der Waals surface area contributed by atoms with Gasteiger partial charge in [-0.2, -0.15) is 0 Å². The average Bonchev–Trinajstić information content (AvgIpc) is 3.05. The van der Waals surface area contributed by atoms with Crippen molar-refractivity contribution in [3.05, 3.63) is 59.7 Å². The number of aliphatic carboxylic acids is 1. The second kappa shape index (κ2) is 8.96. The van der Waals surface area contributed by atoms with Crippen LogP contribution in [0.4, 0.5) is 10.5 Å². The topological polar surface area (TPSA) is 138 Å². The molecule has 1 aliphatic heterocycles. The zero-order valence-corrected chi connectivity index (χ0v) is 15.6. The van der Waals surface area contributed by atoms with Crippen LogP contribution in [0.15, 0.2) is 48.5 Å². The van der Waals surface area contributed by atoms with E-state index in [9.17, 15) is 9.59 Å². The highest BCUT2D eigenvalue weighted by Crippen LogP contribution is 2.23. The third-order valence-electron chi connectivity index (χ3n) is 4.29. The Bertz CT molecular complexity index is 900. The van der Waals surface area contributed by atoms with Crippen molar-refractivity contribution < 1.29 is 24.2 Å². The van der Waals surface area contributed by atoms with Crippen LogP contribution in [0.25, 0.3) is 0 Å². The number of nitrogens with two attached hydrogens (primary N) is 1. The highest BCUT2D eigenvalue weighted by atomic mass is 16.6. The van der Waals surface area contributed by atoms with Gasteiger partial charge in [-0.25, -0.2) is 4.79 Å². The highest BCUT2D eigenvalue weighted by molar-refractivity contribution is 5.89. The van der Waals surface area contributed by atoms with E-state index < -0.39 is 18.2 Å². The number of hydrogen-bond donors (Lipinski definition) is 4. The maximum atomic E-state index is 12.2. The van der Waals surface area contributed by atoms with Gasteiger partial charge in [-0.15, -0.1) is 0 Å². The minimum absolute atomic E-state index is 0.0820. The van der Waals surface area contributed by atoms with E-state index in [0.717, 1.165) is 5.56 Å². The van der Waals surface area contributed by atoms with Gasteiger partial charge in [0.1, 0.15) is 12.4 Å². The first-order valence-electron chi connectivity index (χ1n) is 8.99. The summed E-state index contributed by atoms with van der Waals surface area (Å²) in [6.07, 6.45) is -0.973. The summed E-state index contributed by atoms with van der Waals surface area (Å²) in [6.45, 7) is 0.940. The number of benzene rings is 2. The molecule has 0 radical (unpaired) electrons. The van der Waals surface area contributed by atoms with Crippen LogP contribution in [-0.4, -0.2) is 42.4 Å². The first-order valence-corrected chi connectivity index (χ1v) is 8.99. The number of carboxylic acids is 1. The van der Waals surface area contributed by atoms with Crippen molar-refractivity contribution in [1.82, 2.24) is 5.32 Å². The van der Waals surface area contributed by atoms with Crippen LogP contribution in [0.3, 0.4) is 0 Å². The molecule has 1 atom stereocenters. The van der Waals surface area contributed by atoms with Crippen molar-refractivity contribution in [3.63, 3.8) is 0 Å². The van der Waals surface area contributed by atoms with Crippen molar-refractivity contribution in [2.45, 2.75) is 19.1 Å². The molecule has 2 aromatic rings. The third-order valence-corrected chi connectivity index (χ3v) is 4.29. The Morgan fingerprint density at radius 2 is 2.03 bits per heavy atom. The van der Waals surface area contributed by atoms with Gasteiger partial charge >= 0.3 is 12.1 Å². The molecule has 3 rings (SSSR count). The quantitative estimate of drug-likeness (QED) is 0.392. The van der Waals surface area contributed by atoms with Crippen LogP contribution < -0.4 is 20.7 Å². The molecule has 2 aromatic carbocycles. The van der Waals surface area contributed by atoms with Crippen molar-refractivity contribution in [3.8, 4) is 5.75 Å². The monoisotopic (exact) mass is 398 g/mol. The molecule has 5 N–H and O–H groups in total. The first kappa shape index (κ1) is 20.0. The number of rotatable bonds is 8. The van der Waals surface area contributed by atoms with Gasteiger partial charge in [-0.05, 0) is 35.4 Å². The van der Waals surface area contributed by atoms with Crippen LogP contribution in [-0.2, 0) is 22.5 Å². The van der Waals surface area contributed by atoms with E-state index in [2.05, 4.69) is 5.32 Å². The lowest BCUT2D eigenvalue weighted by molar-refractivity contribution is -0.136. The lowest BCUT2D eigenvalue weighted by Crippen LogP contribution is -2.29. The minimum atomic E-state index is -0.911. The predicted molar refractivity (Wildman–Crippen MR) is 106 cm³/mol. The van der Waals surface area contributed by atoms with Gasteiger partial charge in [-0.3, -0.25) is 15.1 Å². The summed E-state index contributed by atoms with van der Waals surface area (Å²) in [5.41, 5.74) is 7.54. The van der Waals surface area contributed by atoms with Crippen molar-refractivity contribution in [1.29, 1.82) is 5.41 Å². The molecule has 1 saturated heterocycles. The Kier molecular flexibility index (Phi) is 6.18. The molecule has 152 valence electrons.